The van der Waals surface area contributed by atoms with E-state index in [1.165, 1.54) is 11.5 Å². The molecule has 0 aromatic carbocycles. The van der Waals surface area contributed by atoms with Gasteiger partial charge in [0, 0.05) is 31.3 Å². The molecule has 68 valence electrons. The fourth-order valence-electron chi connectivity index (χ4n) is 1.47. The number of aromatic nitrogens is 2. The second-order valence-corrected chi connectivity index (χ2v) is 2.80. The second kappa shape index (κ2) is 4.26. The summed E-state index contributed by atoms with van der Waals surface area (Å²) >= 11 is 0. The van der Waals surface area contributed by atoms with Crippen molar-refractivity contribution in [3.63, 3.8) is 0 Å². The Bertz CT molecular complexity index is 240. The van der Waals surface area contributed by atoms with Crippen molar-refractivity contribution < 1.29 is 0 Å². The van der Waals surface area contributed by atoms with E-state index >= 15 is 0 Å². The fraction of sp³-hybridized carbons (Fsp3) is 0.667. The lowest BCUT2D eigenvalue weighted by molar-refractivity contribution is 0.665. The minimum Gasteiger partial charge on any atom is -0.332 e. The largest absolute Gasteiger partial charge is 0.332 e. The fourth-order valence-corrected chi connectivity index (χ4v) is 1.47. The molecule has 1 aromatic rings. The van der Waals surface area contributed by atoms with Crippen LogP contribution in [-0.2, 0) is 19.4 Å². The van der Waals surface area contributed by atoms with Crippen LogP contribution >= 0.6 is 0 Å². The summed E-state index contributed by atoms with van der Waals surface area (Å²) in [5, 5.41) is 0. The topological polar surface area (TPSA) is 43.8 Å². The highest BCUT2D eigenvalue weighted by molar-refractivity contribution is 5.05. The van der Waals surface area contributed by atoms with Crippen LogP contribution in [0.15, 0.2) is 6.20 Å². The molecule has 3 heteroatoms. The van der Waals surface area contributed by atoms with Gasteiger partial charge in [-0.25, -0.2) is 4.98 Å². The number of rotatable bonds is 4. The Morgan fingerprint density at radius 1 is 1.50 bits per heavy atom. The number of hydrogen-bond acceptors (Lipinski definition) is 2. The zero-order valence-electron chi connectivity index (χ0n) is 7.88. The second-order valence-electron chi connectivity index (χ2n) is 2.80. The van der Waals surface area contributed by atoms with Crippen molar-refractivity contribution in [3.05, 3.63) is 17.7 Å². The maximum Gasteiger partial charge on any atom is 0.108 e. The average molecular weight is 167 g/mol. The predicted molar refractivity (Wildman–Crippen MR) is 50.0 cm³/mol. The Hall–Kier alpha value is -0.830. The third-order valence-corrected chi connectivity index (χ3v) is 2.05. The Labute approximate surface area is 73.6 Å². The first kappa shape index (κ1) is 9.26. The van der Waals surface area contributed by atoms with Crippen molar-refractivity contribution >= 4 is 0 Å². The summed E-state index contributed by atoms with van der Waals surface area (Å²) in [6.07, 6.45) is 3.87. The molecule has 0 amide bonds. The van der Waals surface area contributed by atoms with Gasteiger partial charge in [0.15, 0.2) is 0 Å². The van der Waals surface area contributed by atoms with Gasteiger partial charge < -0.3 is 10.3 Å². The first-order chi connectivity index (χ1) is 5.83. The van der Waals surface area contributed by atoms with Crippen LogP contribution in [-0.4, -0.2) is 16.1 Å². The minimum absolute atomic E-state index is 0.703. The van der Waals surface area contributed by atoms with Crippen molar-refractivity contribution in [1.82, 2.24) is 9.55 Å². The van der Waals surface area contributed by atoms with Crippen molar-refractivity contribution in [1.29, 1.82) is 0 Å². The quantitative estimate of drug-likeness (QED) is 0.726. The van der Waals surface area contributed by atoms with E-state index in [9.17, 15) is 0 Å². The van der Waals surface area contributed by atoms with E-state index in [1.807, 2.05) is 6.20 Å². The molecule has 0 fully saturated rings. The zero-order chi connectivity index (χ0) is 8.97. The zero-order valence-corrected chi connectivity index (χ0v) is 7.88. The van der Waals surface area contributed by atoms with E-state index in [0.717, 1.165) is 19.4 Å². The summed E-state index contributed by atoms with van der Waals surface area (Å²) in [6.45, 7) is 5.97. The maximum absolute atomic E-state index is 5.49. The third kappa shape index (κ3) is 1.67. The lowest BCUT2D eigenvalue weighted by Crippen LogP contribution is -2.10. The molecule has 0 spiro atoms. The van der Waals surface area contributed by atoms with Crippen LogP contribution in [0.3, 0.4) is 0 Å². The van der Waals surface area contributed by atoms with Crippen LogP contribution in [0.2, 0.25) is 0 Å². The highest BCUT2D eigenvalue weighted by Crippen LogP contribution is 2.06. The third-order valence-electron chi connectivity index (χ3n) is 2.05. The van der Waals surface area contributed by atoms with Gasteiger partial charge in [0.1, 0.15) is 5.82 Å². The van der Waals surface area contributed by atoms with E-state index in [4.69, 9.17) is 5.73 Å². The van der Waals surface area contributed by atoms with Crippen molar-refractivity contribution in [2.75, 3.05) is 6.54 Å². The molecule has 1 rings (SSSR count). The van der Waals surface area contributed by atoms with E-state index in [2.05, 4.69) is 23.4 Å². The summed E-state index contributed by atoms with van der Waals surface area (Å²) in [7, 11) is 0. The Kier molecular flexibility index (Phi) is 3.29. The molecule has 0 saturated carbocycles. The molecule has 1 heterocycles. The highest BCUT2D eigenvalue weighted by atomic mass is 15.1. The molecular formula is C9H17N3. The molecular weight excluding hydrogens is 150 g/mol. The standard InChI is InChI=1S/C9H17N3/c1-3-9-11-7-8(5-6-10)12(9)4-2/h7H,3-6,10H2,1-2H3. The predicted octanol–water partition coefficient (Wildman–Crippen LogP) is 0.967. The SMILES string of the molecule is CCc1ncc(CCN)n1CC. The molecule has 0 saturated heterocycles. The summed E-state index contributed by atoms with van der Waals surface area (Å²) in [5.41, 5.74) is 6.75. The number of nitrogens with two attached hydrogens (primary N) is 1. The number of nitrogens with zero attached hydrogens (tertiary/aromatic N) is 2. The van der Waals surface area contributed by atoms with Crippen molar-refractivity contribution in [2.24, 2.45) is 5.73 Å². The average Bonchev–Trinajstić information content (AvgIpc) is 2.47. The van der Waals surface area contributed by atoms with E-state index < -0.39 is 0 Å². The molecule has 0 radical (unpaired) electrons. The molecule has 0 bridgehead atoms. The van der Waals surface area contributed by atoms with Gasteiger partial charge in [0.05, 0.1) is 0 Å². The lowest BCUT2D eigenvalue weighted by Gasteiger charge is -2.06. The van der Waals surface area contributed by atoms with Gasteiger partial charge in [0.2, 0.25) is 0 Å². The van der Waals surface area contributed by atoms with Crippen LogP contribution in [0.25, 0.3) is 0 Å². The Morgan fingerprint density at radius 2 is 2.25 bits per heavy atom. The van der Waals surface area contributed by atoms with Crippen molar-refractivity contribution in [3.8, 4) is 0 Å². The van der Waals surface area contributed by atoms with E-state index in [-0.39, 0.29) is 0 Å². The lowest BCUT2D eigenvalue weighted by atomic mass is 10.3. The van der Waals surface area contributed by atoms with Crippen LogP contribution in [0.5, 0.6) is 0 Å². The van der Waals surface area contributed by atoms with Gasteiger partial charge in [-0.1, -0.05) is 6.92 Å². The molecule has 0 aliphatic carbocycles. The molecule has 0 aliphatic rings. The van der Waals surface area contributed by atoms with Crippen molar-refractivity contribution in [2.45, 2.75) is 33.2 Å². The van der Waals surface area contributed by atoms with E-state index in [1.54, 1.807) is 0 Å². The first-order valence-corrected chi connectivity index (χ1v) is 4.56. The normalized spacial score (nSPS) is 10.6. The van der Waals surface area contributed by atoms with Gasteiger partial charge >= 0.3 is 0 Å². The molecule has 12 heavy (non-hydrogen) atoms. The van der Waals surface area contributed by atoms with Gasteiger partial charge in [-0.3, -0.25) is 0 Å². The van der Waals surface area contributed by atoms with E-state index in [0.29, 0.717) is 6.54 Å². The molecule has 1 aromatic heterocycles. The number of aryl methyl sites for hydroxylation is 1. The van der Waals surface area contributed by atoms with Gasteiger partial charge in [-0.05, 0) is 13.5 Å². The van der Waals surface area contributed by atoms with Crippen LogP contribution < -0.4 is 5.73 Å². The first-order valence-electron chi connectivity index (χ1n) is 4.56. The Balaban J connectivity index is 2.88. The van der Waals surface area contributed by atoms with Gasteiger partial charge in [0.25, 0.3) is 0 Å². The summed E-state index contributed by atoms with van der Waals surface area (Å²) in [4.78, 5) is 4.33. The number of imidazole rings is 1. The van der Waals surface area contributed by atoms with Crippen LogP contribution in [0, 0.1) is 0 Å². The minimum atomic E-state index is 0.703. The monoisotopic (exact) mass is 167 g/mol. The molecule has 0 atom stereocenters. The summed E-state index contributed by atoms with van der Waals surface area (Å²) in [5.74, 6) is 1.17. The highest BCUT2D eigenvalue weighted by Gasteiger charge is 2.04. The molecule has 2 N–H and O–H groups in total. The van der Waals surface area contributed by atoms with Crippen LogP contribution in [0.4, 0.5) is 0 Å². The van der Waals surface area contributed by atoms with Gasteiger partial charge in [-0.15, -0.1) is 0 Å². The summed E-state index contributed by atoms with van der Waals surface area (Å²) < 4.78 is 2.24. The van der Waals surface area contributed by atoms with Crippen LogP contribution in [0.1, 0.15) is 25.4 Å². The maximum atomic E-state index is 5.49. The number of hydrogen-bond donors (Lipinski definition) is 1. The molecule has 0 aliphatic heterocycles. The molecule has 0 unspecified atom stereocenters. The summed E-state index contributed by atoms with van der Waals surface area (Å²) in [6, 6.07) is 0. The molecule has 3 nitrogen and oxygen atoms in total. The smallest absolute Gasteiger partial charge is 0.108 e. The van der Waals surface area contributed by atoms with Gasteiger partial charge in [-0.2, -0.15) is 0 Å². The Morgan fingerprint density at radius 3 is 2.75 bits per heavy atom.